The largest absolute Gasteiger partial charge is 0.351 e. The fraction of sp³-hybridized carbons (Fsp3) is 0.120. The standard InChI is InChI=1S/C25H21ClFN5O2S2/c1-36(33,34)30-16-7-9-17(10-8-16)32-24(23(29-25(32)35)21-5-2-3-13-28-21)22-6-4-14-31(22)18-11-12-20(27)19(26)15-18/h2-15,23-24,30H,1H3,(H,29,35). The average molecular weight is 542 g/mol. The summed E-state index contributed by atoms with van der Waals surface area (Å²) in [6.07, 6.45) is 4.71. The maximum Gasteiger partial charge on any atom is 0.229 e. The lowest BCUT2D eigenvalue weighted by Crippen LogP contribution is -2.30. The molecule has 1 aliphatic heterocycles. The number of hydrogen-bond acceptors (Lipinski definition) is 4. The molecule has 4 aromatic rings. The summed E-state index contributed by atoms with van der Waals surface area (Å²) < 4.78 is 41.5. The summed E-state index contributed by atoms with van der Waals surface area (Å²) in [5, 5.41) is 3.91. The van der Waals surface area contributed by atoms with Gasteiger partial charge in [-0.2, -0.15) is 0 Å². The van der Waals surface area contributed by atoms with Gasteiger partial charge in [-0.1, -0.05) is 17.7 Å². The van der Waals surface area contributed by atoms with Crippen LogP contribution >= 0.6 is 23.8 Å². The first kappa shape index (κ1) is 24.2. The maximum atomic E-state index is 13.9. The van der Waals surface area contributed by atoms with Crippen LogP contribution in [-0.4, -0.2) is 29.3 Å². The first-order valence-electron chi connectivity index (χ1n) is 10.9. The predicted octanol–water partition coefficient (Wildman–Crippen LogP) is 5.21. The molecular weight excluding hydrogens is 521 g/mol. The molecule has 1 aliphatic rings. The van der Waals surface area contributed by atoms with E-state index in [4.69, 9.17) is 23.8 Å². The van der Waals surface area contributed by atoms with Gasteiger partial charge in [0.25, 0.3) is 0 Å². The summed E-state index contributed by atoms with van der Waals surface area (Å²) in [5.74, 6) is -0.492. The number of sulfonamides is 1. The first-order valence-corrected chi connectivity index (χ1v) is 13.6. The Hall–Kier alpha value is -3.47. The Kier molecular flexibility index (Phi) is 6.42. The van der Waals surface area contributed by atoms with E-state index in [9.17, 15) is 12.8 Å². The van der Waals surface area contributed by atoms with Gasteiger partial charge in [0.05, 0.1) is 23.0 Å². The molecule has 5 rings (SSSR count). The van der Waals surface area contributed by atoms with Crippen LogP contribution < -0.4 is 14.9 Å². The van der Waals surface area contributed by atoms with Gasteiger partial charge in [0.15, 0.2) is 5.11 Å². The number of anilines is 2. The van der Waals surface area contributed by atoms with Gasteiger partial charge in [-0.05, 0) is 78.9 Å². The molecule has 2 N–H and O–H groups in total. The second kappa shape index (κ2) is 9.53. The van der Waals surface area contributed by atoms with E-state index >= 15 is 0 Å². The van der Waals surface area contributed by atoms with Crippen LogP contribution in [0.15, 0.2) is 85.2 Å². The molecule has 36 heavy (non-hydrogen) atoms. The van der Waals surface area contributed by atoms with Gasteiger partial charge < -0.3 is 14.8 Å². The molecule has 1 saturated heterocycles. The minimum atomic E-state index is -3.40. The molecule has 2 atom stereocenters. The van der Waals surface area contributed by atoms with Crippen molar-refractivity contribution in [1.29, 1.82) is 0 Å². The lowest BCUT2D eigenvalue weighted by molar-refractivity contribution is 0.549. The Morgan fingerprint density at radius 3 is 2.47 bits per heavy atom. The zero-order chi connectivity index (χ0) is 25.4. The molecule has 2 aromatic carbocycles. The first-order chi connectivity index (χ1) is 17.2. The van der Waals surface area contributed by atoms with Crippen molar-refractivity contribution in [3.05, 3.63) is 107 Å². The number of halogens is 2. The van der Waals surface area contributed by atoms with Crippen molar-refractivity contribution in [3.63, 3.8) is 0 Å². The van der Waals surface area contributed by atoms with Crippen molar-refractivity contribution < 1.29 is 12.8 Å². The minimum Gasteiger partial charge on any atom is -0.351 e. The summed E-state index contributed by atoms with van der Waals surface area (Å²) in [5.41, 5.74) is 3.58. The molecule has 184 valence electrons. The molecule has 0 amide bonds. The minimum absolute atomic E-state index is 0.0271. The highest BCUT2D eigenvalue weighted by molar-refractivity contribution is 7.92. The van der Waals surface area contributed by atoms with Crippen LogP contribution in [0.1, 0.15) is 23.5 Å². The number of thiocarbonyl (C=S) groups is 1. The van der Waals surface area contributed by atoms with E-state index in [-0.39, 0.29) is 17.1 Å². The van der Waals surface area contributed by atoms with E-state index in [1.54, 1.807) is 42.6 Å². The zero-order valence-electron chi connectivity index (χ0n) is 19.0. The van der Waals surface area contributed by atoms with Crippen LogP contribution in [0.2, 0.25) is 5.02 Å². The summed E-state index contributed by atoms with van der Waals surface area (Å²) in [7, 11) is -3.40. The van der Waals surface area contributed by atoms with Gasteiger partial charge in [0.2, 0.25) is 10.0 Å². The predicted molar refractivity (Wildman–Crippen MR) is 144 cm³/mol. The Labute approximate surface area is 218 Å². The zero-order valence-corrected chi connectivity index (χ0v) is 21.4. The Morgan fingerprint density at radius 1 is 1.06 bits per heavy atom. The van der Waals surface area contributed by atoms with Gasteiger partial charge in [-0.25, -0.2) is 12.8 Å². The van der Waals surface area contributed by atoms with Crippen molar-refractivity contribution in [3.8, 4) is 5.69 Å². The van der Waals surface area contributed by atoms with Crippen LogP contribution in [-0.2, 0) is 10.0 Å². The molecule has 2 unspecified atom stereocenters. The van der Waals surface area contributed by atoms with Gasteiger partial charge in [0, 0.05) is 35.1 Å². The molecule has 2 aromatic heterocycles. The fourth-order valence-electron chi connectivity index (χ4n) is 4.34. The third-order valence-electron chi connectivity index (χ3n) is 5.81. The van der Waals surface area contributed by atoms with E-state index in [0.717, 1.165) is 23.3 Å². The van der Waals surface area contributed by atoms with Crippen LogP contribution in [0.25, 0.3) is 5.69 Å². The lowest BCUT2D eigenvalue weighted by Gasteiger charge is -2.29. The molecule has 0 bridgehead atoms. The maximum absolute atomic E-state index is 13.9. The monoisotopic (exact) mass is 541 g/mol. The molecule has 0 spiro atoms. The van der Waals surface area contributed by atoms with Gasteiger partial charge in [-0.3, -0.25) is 9.71 Å². The van der Waals surface area contributed by atoms with Crippen LogP contribution in [0.4, 0.5) is 15.8 Å². The van der Waals surface area contributed by atoms with Crippen LogP contribution in [0.5, 0.6) is 0 Å². The molecular formula is C25H21ClFN5O2S2. The van der Waals surface area contributed by atoms with Crippen LogP contribution in [0.3, 0.4) is 0 Å². The van der Waals surface area contributed by atoms with Crippen LogP contribution in [0, 0.1) is 5.82 Å². The summed E-state index contributed by atoms with van der Waals surface area (Å²) in [6, 6.07) is 20.5. The Balaban J connectivity index is 1.61. The van der Waals surface area contributed by atoms with Gasteiger partial charge in [-0.15, -0.1) is 0 Å². The van der Waals surface area contributed by atoms with Crippen molar-refractivity contribution >= 4 is 50.3 Å². The number of hydrogen-bond donors (Lipinski definition) is 2. The third kappa shape index (κ3) is 4.79. The van der Waals surface area contributed by atoms with Gasteiger partial charge >= 0.3 is 0 Å². The average Bonchev–Trinajstić information content (AvgIpc) is 3.45. The molecule has 0 radical (unpaired) electrons. The summed E-state index contributed by atoms with van der Waals surface area (Å²) >= 11 is 11.8. The molecule has 1 fully saturated rings. The van der Waals surface area contributed by atoms with E-state index in [2.05, 4.69) is 15.0 Å². The molecule has 3 heterocycles. The van der Waals surface area contributed by atoms with Crippen molar-refractivity contribution in [2.45, 2.75) is 12.1 Å². The topological polar surface area (TPSA) is 79.3 Å². The number of benzene rings is 2. The number of nitrogens with one attached hydrogen (secondary N) is 2. The van der Waals surface area contributed by atoms with Gasteiger partial charge in [0.1, 0.15) is 11.9 Å². The molecule has 0 saturated carbocycles. The van der Waals surface area contributed by atoms with E-state index in [1.165, 1.54) is 6.07 Å². The second-order valence-electron chi connectivity index (χ2n) is 8.32. The van der Waals surface area contributed by atoms with Crippen molar-refractivity contribution in [1.82, 2.24) is 14.9 Å². The normalized spacial score (nSPS) is 17.8. The highest BCUT2D eigenvalue weighted by Crippen LogP contribution is 2.42. The summed E-state index contributed by atoms with van der Waals surface area (Å²) in [6.45, 7) is 0. The third-order valence-corrected chi connectivity index (χ3v) is 7.02. The molecule has 0 aliphatic carbocycles. The fourth-order valence-corrected chi connectivity index (χ4v) is 5.43. The van der Waals surface area contributed by atoms with E-state index in [1.807, 2.05) is 46.0 Å². The highest BCUT2D eigenvalue weighted by Gasteiger charge is 2.42. The SMILES string of the molecule is CS(=O)(=O)Nc1ccc(N2C(=S)NC(c3ccccn3)C2c2cccn2-c2ccc(F)c(Cl)c2)cc1. The Bertz CT molecular complexity index is 1530. The van der Waals surface area contributed by atoms with Crippen molar-refractivity contribution in [2.24, 2.45) is 0 Å². The quantitative estimate of drug-likeness (QED) is 0.326. The number of nitrogens with zero attached hydrogens (tertiary/aromatic N) is 3. The van der Waals surface area contributed by atoms with E-state index < -0.39 is 15.8 Å². The second-order valence-corrected chi connectivity index (χ2v) is 10.9. The Morgan fingerprint density at radius 2 is 1.81 bits per heavy atom. The number of pyridine rings is 1. The van der Waals surface area contributed by atoms with Crippen molar-refractivity contribution in [2.75, 3.05) is 15.9 Å². The number of rotatable bonds is 6. The lowest BCUT2D eigenvalue weighted by atomic mass is 10.0. The highest BCUT2D eigenvalue weighted by atomic mass is 35.5. The molecule has 11 heteroatoms. The summed E-state index contributed by atoms with van der Waals surface area (Å²) in [4.78, 5) is 6.53. The molecule has 7 nitrogen and oxygen atoms in total. The number of aromatic nitrogens is 2. The van der Waals surface area contributed by atoms with E-state index in [0.29, 0.717) is 16.5 Å². The smallest absolute Gasteiger partial charge is 0.229 e.